The van der Waals surface area contributed by atoms with Crippen molar-refractivity contribution in [2.75, 3.05) is 0 Å². The Labute approximate surface area is 106 Å². The molecule has 1 unspecified atom stereocenters. The zero-order valence-corrected chi connectivity index (χ0v) is 11.2. The summed E-state index contributed by atoms with van der Waals surface area (Å²) in [4.78, 5) is 12.0. The number of Topliss-reactive ketones (excluding diaryl/α,β-unsaturated/α-hetero) is 1. The number of thiophene rings is 1. The van der Waals surface area contributed by atoms with Gasteiger partial charge in [0.1, 0.15) is 5.78 Å². The Kier molecular flexibility index (Phi) is 3.95. The van der Waals surface area contributed by atoms with Gasteiger partial charge in [-0.3, -0.25) is 4.79 Å². The van der Waals surface area contributed by atoms with Gasteiger partial charge in [-0.05, 0) is 28.8 Å². The number of ketones is 1. The summed E-state index contributed by atoms with van der Waals surface area (Å²) >= 11 is 1.73. The number of benzene rings is 1. The van der Waals surface area contributed by atoms with Crippen molar-refractivity contribution in [2.24, 2.45) is 5.92 Å². The molecule has 1 nitrogen and oxygen atoms in total. The van der Waals surface area contributed by atoms with Crippen LogP contribution in [0.1, 0.15) is 32.3 Å². The highest BCUT2D eigenvalue weighted by Gasteiger charge is 2.14. The van der Waals surface area contributed by atoms with Crippen LogP contribution in [0.25, 0.3) is 10.1 Å². The average Bonchev–Trinajstić information content (AvgIpc) is 2.73. The van der Waals surface area contributed by atoms with Crippen LogP contribution < -0.4 is 0 Å². The molecule has 1 heterocycles. The SMILES string of the molecule is CCCC(C)C(=O)Cc1csc2ccccc12. The molecule has 2 aromatic rings. The highest BCUT2D eigenvalue weighted by Crippen LogP contribution is 2.26. The highest BCUT2D eigenvalue weighted by atomic mass is 32.1. The van der Waals surface area contributed by atoms with Gasteiger partial charge in [0.05, 0.1) is 0 Å². The van der Waals surface area contributed by atoms with Crippen LogP contribution in [0.15, 0.2) is 29.6 Å². The van der Waals surface area contributed by atoms with Gasteiger partial charge in [-0.25, -0.2) is 0 Å². The van der Waals surface area contributed by atoms with Crippen LogP contribution >= 0.6 is 11.3 Å². The van der Waals surface area contributed by atoms with Crippen molar-refractivity contribution in [3.8, 4) is 0 Å². The van der Waals surface area contributed by atoms with E-state index in [-0.39, 0.29) is 5.92 Å². The fourth-order valence-electron chi connectivity index (χ4n) is 2.13. The van der Waals surface area contributed by atoms with E-state index in [1.807, 2.05) is 19.1 Å². The normalized spacial score (nSPS) is 12.8. The molecule has 0 radical (unpaired) electrons. The lowest BCUT2D eigenvalue weighted by Crippen LogP contribution is -2.13. The van der Waals surface area contributed by atoms with Gasteiger partial charge in [0, 0.05) is 17.0 Å². The molecule has 0 bridgehead atoms. The minimum Gasteiger partial charge on any atom is -0.299 e. The maximum atomic E-state index is 12.0. The Morgan fingerprint density at radius 3 is 2.88 bits per heavy atom. The second-order valence-electron chi connectivity index (χ2n) is 4.59. The van der Waals surface area contributed by atoms with E-state index in [4.69, 9.17) is 0 Å². The molecule has 0 aliphatic rings. The van der Waals surface area contributed by atoms with E-state index in [0.717, 1.165) is 12.8 Å². The predicted molar refractivity (Wildman–Crippen MR) is 74.6 cm³/mol. The van der Waals surface area contributed by atoms with Gasteiger partial charge in [-0.15, -0.1) is 11.3 Å². The molecule has 0 aliphatic heterocycles. The summed E-state index contributed by atoms with van der Waals surface area (Å²) in [6, 6.07) is 8.31. The molecular weight excluding hydrogens is 228 g/mol. The van der Waals surface area contributed by atoms with Crippen molar-refractivity contribution < 1.29 is 4.79 Å². The van der Waals surface area contributed by atoms with Crippen molar-refractivity contribution in [2.45, 2.75) is 33.1 Å². The zero-order chi connectivity index (χ0) is 12.3. The summed E-state index contributed by atoms with van der Waals surface area (Å²) in [6.07, 6.45) is 2.67. The first-order valence-corrected chi connectivity index (χ1v) is 7.08. The van der Waals surface area contributed by atoms with Gasteiger partial charge in [0.15, 0.2) is 0 Å². The summed E-state index contributed by atoms with van der Waals surface area (Å²) < 4.78 is 1.28. The Hall–Kier alpha value is -1.15. The predicted octanol–water partition coefficient (Wildman–Crippen LogP) is 4.45. The van der Waals surface area contributed by atoms with Gasteiger partial charge in [-0.1, -0.05) is 38.5 Å². The van der Waals surface area contributed by atoms with Crippen molar-refractivity contribution in [3.05, 3.63) is 35.2 Å². The van der Waals surface area contributed by atoms with Crippen LogP contribution in [0.4, 0.5) is 0 Å². The Morgan fingerprint density at radius 2 is 2.12 bits per heavy atom. The Balaban J connectivity index is 2.16. The first-order valence-electron chi connectivity index (χ1n) is 6.20. The van der Waals surface area contributed by atoms with Crippen LogP contribution in [0.3, 0.4) is 0 Å². The second kappa shape index (κ2) is 5.46. The van der Waals surface area contributed by atoms with Crippen LogP contribution in [-0.2, 0) is 11.2 Å². The summed E-state index contributed by atoms with van der Waals surface area (Å²) in [5, 5.41) is 3.37. The van der Waals surface area contributed by atoms with E-state index in [0.29, 0.717) is 12.2 Å². The minimum absolute atomic E-state index is 0.193. The second-order valence-corrected chi connectivity index (χ2v) is 5.50. The molecule has 1 aromatic heterocycles. The lowest BCUT2D eigenvalue weighted by atomic mass is 9.95. The molecule has 0 spiro atoms. The number of fused-ring (bicyclic) bond motifs is 1. The molecule has 0 saturated heterocycles. The maximum absolute atomic E-state index is 12.0. The van der Waals surface area contributed by atoms with Crippen molar-refractivity contribution in [1.82, 2.24) is 0 Å². The zero-order valence-electron chi connectivity index (χ0n) is 10.4. The third kappa shape index (κ3) is 2.75. The van der Waals surface area contributed by atoms with E-state index >= 15 is 0 Å². The van der Waals surface area contributed by atoms with Gasteiger partial charge >= 0.3 is 0 Å². The van der Waals surface area contributed by atoms with E-state index in [1.165, 1.54) is 15.6 Å². The average molecular weight is 246 g/mol. The molecule has 2 rings (SSSR count). The lowest BCUT2D eigenvalue weighted by molar-refractivity contribution is -0.121. The fourth-order valence-corrected chi connectivity index (χ4v) is 3.09. The summed E-state index contributed by atoms with van der Waals surface area (Å²) in [7, 11) is 0. The monoisotopic (exact) mass is 246 g/mol. The summed E-state index contributed by atoms with van der Waals surface area (Å²) in [5.74, 6) is 0.564. The summed E-state index contributed by atoms with van der Waals surface area (Å²) in [6.45, 7) is 4.17. The molecule has 1 aromatic carbocycles. The molecule has 2 heteroatoms. The Morgan fingerprint density at radius 1 is 1.35 bits per heavy atom. The molecule has 0 saturated carbocycles. The highest BCUT2D eigenvalue weighted by molar-refractivity contribution is 7.17. The first-order chi connectivity index (χ1) is 8.22. The Bertz CT molecular complexity index is 512. The van der Waals surface area contributed by atoms with E-state index in [9.17, 15) is 4.79 Å². The molecule has 0 aliphatic carbocycles. The van der Waals surface area contributed by atoms with Crippen LogP contribution in [-0.4, -0.2) is 5.78 Å². The van der Waals surface area contributed by atoms with Crippen LogP contribution in [0, 0.1) is 5.92 Å². The first kappa shape index (κ1) is 12.3. The molecule has 0 amide bonds. The summed E-state index contributed by atoms with van der Waals surface area (Å²) in [5.41, 5.74) is 1.19. The molecule has 0 fully saturated rings. The van der Waals surface area contributed by atoms with Gasteiger partial charge in [-0.2, -0.15) is 0 Å². The number of hydrogen-bond acceptors (Lipinski definition) is 2. The largest absolute Gasteiger partial charge is 0.299 e. The molecular formula is C15H18OS. The van der Waals surface area contributed by atoms with Crippen molar-refractivity contribution >= 4 is 27.2 Å². The number of carbonyl (C=O) groups excluding carboxylic acids is 1. The third-order valence-corrected chi connectivity index (χ3v) is 4.21. The van der Waals surface area contributed by atoms with Crippen LogP contribution in [0.5, 0.6) is 0 Å². The number of rotatable bonds is 5. The number of hydrogen-bond donors (Lipinski definition) is 0. The molecule has 90 valence electrons. The lowest BCUT2D eigenvalue weighted by Gasteiger charge is -2.08. The molecule has 1 atom stereocenters. The van der Waals surface area contributed by atoms with Crippen molar-refractivity contribution in [3.63, 3.8) is 0 Å². The molecule has 17 heavy (non-hydrogen) atoms. The van der Waals surface area contributed by atoms with Crippen LogP contribution in [0.2, 0.25) is 0 Å². The van der Waals surface area contributed by atoms with E-state index in [1.54, 1.807) is 11.3 Å². The van der Waals surface area contributed by atoms with E-state index in [2.05, 4.69) is 24.4 Å². The topological polar surface area (TPSA) is 17.1 Å². The quantitative estimate of drug-likeness (QED) is 0.761. The molecule has 0 N–H and O–H groups in total. The van der Waals surface area contributed by atoms with E-state index < -0.39 is 0 Å². The van der Waals surface area contributed by atoms with Gasteiger partial charge < -0.3 is 0 Å². The van der Waals surface area contributed by atoms with Gasteiger partial charge in [0.2, 0.25) is 0 Å². The third-order valence-electron chi connectivity index (χ3n) is 3.20. The number of carbonyl (C=O) groups is 1. The fraction of sp³-hybridized carbons (Fsp3) is 0.400. The maximum Gasteiger partial charge on any atom is 0.140 e. The minimum atomic E-state index is 0.193. The van der Waals surface area contributed by atoms with Gasteiger partial charge in [0.25, 0.3) is 0 Å². The standard InChI is InChI=1S/C15H18OS/c1-3-6-11(2)14(16)9-12-10-17-15-8-5-4-7-13(12)15/h4-5,7-8,10-11H,3,6,9H2,1-2H3. The van der Waals surface area contributed by atoms with Crippen molar-refractivity contribution in [1.29, 1.82) is 0 Å². The smallest absolute Gasteiger partial charge is 0.140 e.